The van der Waals surface area contributed by atoms with Gasteiger partial charge in [-0.2, -0.15) is 0 Å². The number of halogens is 1. The van der Waals surface area contributed by atoms with E-state index in [1.807, 2.05) is 0 Å². The van der Waals surface area contributed by atoms with Crippen molar-refractivity contribution >= 4 is 11.8 Å². The van der Waals surface area contributed by atoms with Gasteiger partial charge in [0.05, 0.1) is 24.9 Å². The molecule has 1 aliphatic heterocycles. The molecule has 1 aromatic rings. The summed E-state index contributed by atoms with van der Waals surface area (Å²) < 4.78 is 28.1. The average molecular weight is 355 g/mol. The molecule has 25 heavy (non-hydrogen) atoms. The van der Waals surface area contributed by atoms with Gasteiger partial charge < -0.3 is 25.1 Å². The van der Waals surface area contributed by atoms with Crippen molar-refractivity contribution in [3.05, 3.63) is 29.8 Å². The zero-order valence-corrected chi connectivity index (χ0v) is 13.9. The number of ether oxygens (including phenoxy) is 3. The number of para-hydroxylation sites is 1. The number of Topliss-reactive ketones (excluding diaryl/α,β-unsaturated/α-hetero) is 1. The molecule has 8 heteroatoms. The summed E-state index contributed by atoms with van der Waals surface area (Å²) in [5, 5.41) is 8.80. The van der Waals surface area contributed by atoms with Gasteiger partial charge >= 0.3 is 5.97 Å². The molecule has 0 amide bonds. The van der Waals surface area contributed by atoms with Gasteiger partial charge in [0.2, 0.25) is 11.3 Å². The fraction of sp³-hybridized carbons (Fsp3) is 0.529. The van der Waals surface area contributed by atoms with Gasteiger partial charge in [0, 0.05) is 0 Å². The van der Waals surface area contributed by atoms with E-state index in [0.29, 0.717) is 19.0 Å². The summed E-state index contributed by atoms with van der Waals surface area (Å²) in [6.07, 6.45) is 4.64. The Balaban J connectivity index is 0.000000230. The largest absolute Gasteiger partial charge is 0.496 e. The predicted molar refractivity (Wildman–Crippen MR) is 86.3 cm³/mol. The summed E-state index contributed by atoms with van der Waals surface area (Å²) in [7, 11) is 1.32. The van der Waals surface area contributed by atoms with Gasteiger partial charge in [-0.05, 0) is 31.4 Å². The molecule has 0 radical (unpaired) electrons. The van der Waals surface area contributed by atoms with Gasteiger partial charge in [-0.1, -0.05) is 12.1 Å². The molecule has 3 unspecified atom stereocenters. The molecule has 2 fully saturated rings. The highest BCUT2D eigenvalue weighted by atomic mass is 19.1. The molecular formula is C17H22FNO6. The first kappa shape index (κ1) is 19.3. The number of hydrogen-bond acceptors (Lipinski definition) is 6. The van der Waals surface area contributed by atoms with Crippen molar-refractivity contribution in [1.82, 2.24) is 0 Å². The van der Waals surface area contributed by atoms with Gasteiger partial charge in [-0.15, -0.1) is 0 Å². The van der Waals surface area contributed by atoms with Crippen molar-refractivity contribution in [1.29, 1.82) is 0 Å². The molecule has 0 spiro atoms. The minimum Gasteiger partial charge on any atom is -0.496 e. The van der Waals surface area contributed by atoms with Crippen LogP contribution in [0.2, 0.25) is 0 Å². The minimum atomic E-state index is -2.57. The molecule has 3 atom stereocenters. The van der Waals surface area contributed by atoms with Crippen LogP contribution in [-0.2, 0) is 14.3 Å². The molecule has 1 heterocycles. The number of ketones is 1. The van der Waals surface area contributed by atoms with Crippen molar-refractivity contribution in [3.63, 3.8) is 0 Å². The van der Waals surface area contributed by atoms with E-state index in [9.17, 15) is 14.0 Å². The lowest BCUT2D eigenvalue weighted by Gasteiger charge is -2.20. The minimum absolute atomic E-state index is 0.0578. The molecule has 1 saturated heterocycles. The Morgan fingerprint density at radius 1 is 1.32 bits per heavy atom. The smallest absolute Gasteiger partial charge is 0.334 e. The maximum atomic E-state index is 12.7. The maximum absolute atomic E-state index is 12.7. The van der Waals surface area contributed by atoms with Crippen LogP contribution in [0.1, 0.15) is 29.6 Å². The Kier molecular flexibility index (Phi) is 6.46. The number of carbonyl (C=O) groups excluding carboxylic acids is 1. The van der Waals surface area contributed by atoms with E-state index in [4.69, 9.17) is 25.1 Å². The molecule has 7 nitrogen and oxygen atoms in total. The number of benzene rings is 1. The highest BCUT2D eigenvalue weighted by Crippen LogP contribution is 2.28. The van der Waals surface area contributed by atoms with Gasteiger partial charge in [-0.25, -0.2) is 9.18 Å². The molecule has 3 N–H and O–H groups in total. The zero-order chi connectivity index (χ0) is 18.4. The monoisotopic (exact) mass is 355 g/mol. The third-order valence-electron chi connectivity index (χ3n) is 4.29. The van der Waals surface area contributed by atoms with Gasteiger partial charge in [0.1, 0.15) is 19.2 Å². The summed E-state index contributed by atoms with van der Waals surface area (Å²) in [6.45, 7) is -0.950. The second-order valence-corrected chi connectivity index (χ2v) is 5.95. The summed E-state index contributed by atoms with van der Waals surface area (Å²) in [5.74, 6) is -2.58. The number of carboxylic acid groups (broad SMARTS) is 1. The fourth-order valence-electron chi connectivity index (χ4n) is 2.72. The van der Waals surface area contributed by atoms with Crippen molar-refractivity contribution in [2.24, 2.45) is 5.73 Å². The first-order chi connectivity index (χ1) is 11.9. The van der Waals surface area contributed by atoms with Gasteiger partial charge in [0.15, 0.2) is 0 Å². The van der Waals surface area contributed by atoms with E-state index in [2.05, 4.69) is 0 Å². The topological polar surface area (TPSA) is 108 Å². The number of alkyl halides is 1. The van der Waals surface area contributed by atoms with Crippen molar-refractivity contribution in [2.45, 2.75) is 37.0 Å². The van der Waals surface area contributed by atoms with Crippen LogP contribution < -0.4 is 10.5 Å². The third-order valence-corrected chi connectivity index (χ3v) is 4.29. The third kappa shape index (κ3) is 4.33. The second kappa shape index (κ2) is 8.37. The normalized spacial score (nSPS) is 23.8. The standard InChI is InChI=1S/C11H12FNO4.C6H10O2/c1-17-8-5-3-2-4-7(8)9(14)11(13,6-12)10(15)16;1-2-6-3-5(1)7-4-8-6/h2-5H,6,13H2,1H3,(H,15,16);5-6H,1-4H2. The fourth-order valence-corrected chi connectivity index (χ4v) is 2.72. The summed E-state index contributed by atoms with van der Waals surface area (Å²) in [4.78, 5) is 22.7. The molecule has 1 saturated carbocycles. The first-order valence-electron chi connectivity index (χ1n) is 7.91. The molecule has 0 aromatic heterocycles. The number of carbonyl (C=O) groups is 2. The van der Waals surface area contributed by atoms with E-state index >= 15 is 0 Å². The van der Waals surface area contributed by atoms with Crippen LogP contribution in [0, 0.1) is 0 Å². The van der Waals surface area contributed by atoms with Crippen molar-refractivity contribution in [2.75, 3.05) is 20.6 Å². The number of methoxy groups -OCH3 is 1. The number of rotatable bonds is 5. The highest BCUT2D eigenvalue weighted by molar-refractivity contribution is 6.17. The molecule has 3 rings (SSSR count). The van der Waals surface area contributed by atoms with Crippen LogP contribution in [0.25, 0.3) is 0 Å². The summed E-state index contributed by atoms with van der Waals surface area (Å²) in [6, 6.07) is 5.91. The Bertz CT molecular complexity index is 611. The van der Waals surface area contributed by atoms with Crippen LogP contribution in [0.15, 0.2) is 24.3 Å². The van der Waals surface area contributed by atoms with E-state index in [1.165, 1.54) is 38.2 Å². The van der Waals surface area contributed by atoms with Crippen LogP contribution in [0.5, 0.6) is 5.75 Å². The predicted octanol–water partition coefficient (Wildman–Crippen LogP) is 1.54. The number of carboxylic acids is 1. The first-order valence-corrected chi connectivity index (χ1v) is 7.91. The highest BCUT2D eigenvalue weighted by Gasteiger charge is 2.44. The quantitative estimate of drug-likeness (QED) is 0.609. The van der Waals surface area contributed by atoms with Crippen LogP contribution in [0.3, 0.4) is 0 Å². The van der Waals surface area contributed by atoms with Crippen molar-refractivity contribution < 1.29 is 33.3 Å². The Hall–Kier alpha value is -2.03. The Labute approximate surface area is 144 Å². The van der Waals surface area contributed by atoms with Crippen LogP contribution in [0.4, 0.5) is 4.39 Å². The molecule has 2 bridgehead atoms. The second-order valence-electron chi connectivity index (χ2n) is 5.95. The molecule has 138 valence electrons. The average Bonchev–Trinajstić information content (AvgIpc) is 2.98. The van der Waals surface area contributed by atoms with Crippen molar-refractivity contribution in [3.8, 4) is 5.75 Å². The molecular weight excluding hydrogens is 333 g/mol. The summed E-state index contributed by atoms with van der Waals surface area (Å²) >= 11 is 0. The van der Waals surface area contributed by atoms with E-state index in [1.54, 1.807) is 6.07 Å². The number of hydrogen-bond donors (Lipinski definition) is 2. The lowest BCUT2D eigenvalue weighted by atomic mass is 9.91. The van der Waals surface area contributed by atoms with Crippen LogP contribution in [-0.4, -0.2) is 55.2 Å². The van der Waals surface area contributed by atoms with Gasteiger partial charge in [0.25, 0.3) is 0 Å². The molecule has 1 aliphatic carbocycles. The Morgan fingerprint density at radius 3 is 2.40 bits per heavy atom. The maximum Gasteiger partial charge on any atom is 0.334 e. The number of aliphatic carboxylic acids is 1. The SMILES string of the molecule is C1OC2CCC(C2)O1.COc1ccccc1C(=O)C(N)(CF)C(=O)O. The lowest BCUT2D eigenvalue weighted by molar-refractivity contribution is -0.145. The van der Waals surface area contributed by atoms with Crippen LogP contribution >= 0.6 is 0 Å². The Morgan fingerprint density at radius 2 is 1.92 bits per heavy atom. The van der Waals surface area contributed by atoms with E-state index < -0.39 is 24.0 Å². The lowest BCUT2D eigenvalue weighted by Crippen LogP contribution is -2.57. The number of nitrogens with two attached hydrogens (primary N) is 1. The molecule has 2 aliphatic rings. The summed E-state index contributed by atoms with van der Waals surface area (Å²) in [5.41, 5.74) is 2.63. The van der Waals surface area contributed by atoms with Gasteiger partial charge in [-0.3, -0.25) is 4.79 Å². The van der Waals surface area contributed by atoms with E-state index in [-0.39, 0.29) is 11.3 Å². The van der Waals surface area contributed by atoms with E-state index in [0.717, 1.165) is 6.42 Å². The molecule has 1 aromatic carbocycles. The number of fused-ring (bicyclic) bond motifs is 2. The zero-order valence-electron chi connectivity index (χ0n) is 13.9.